The summed E-state index contributed by atoms with van der Waals surface area (Å²) in [6.45, 7) is 4.04. The Balaban J connectivity index is 2.21. The van der Waals surface area contributed by atoms with Gasteiger partial charge in [0.25, 0.3) is 5.91 Å². The van der Waals surface area contributed by atoms with Crippen LogP contribution >= 0.6 is 23.2 Å². The molecule has 1 aromatic carbocycles. The van der Waals surface area contributed by atoms with E-state index in [0.29, 0.717) is 15.7 Å². The zero-order valence-electron chi connectivity index (χ0n) is 11.7. The molecule has 2 rings (SSSR count). The van der Waals surface area contributed by atoms with Gasteiger partial charge in [-0.2, -0.15) is 0 Å². The third kappa shape index (κ3) is 4.09. The molecule has 0 fully saturated rings. The van der Waals surface area contributed by atoms with Crippen molar-refractivity contribution in [2.75, 3.05) is 10.6 Å². The van der Waals surface area contributed by atoms with Gasteiger partial charge in [0.1, 0.15) is 5.69 Å². The maximum atomic E-state index is 12.2. The highest BCUT2D eigenvalue weighted by molar-refractivity contribution is 6.40. The summed E-state index contributed by atoms with van der Waals surface area (Å²) >= 11 is 12.1. The van der Waals surface area contributed by atoms with E-state index in [2.05, 4.69) is 15.6 Å². The Morgan fingerprint density at radius 3 is 2.48 bits per heavy atom. The molecule has 0 saturated carbocycles. The van der Waals surface area contributed by atoms with E-state index in [1.165, 1.54) is 0 Å². The van der Waals surface area contributed by atoms with Crippen LogP contribution in [0.25, 0.3) is 0 Å². The van der Waals surface area contributed by atoms with Crippen molar-refractivity contribution >= 4 is 40.5 Å². The standard InChI is InChI=1S/C15H15Cl2N3O/c1-9(2)19-10-6-7-18-13(8-10)15(21)20-14-11(16)4-3-5-12(14)17/h3-9H,1-2H3,(H,18,19)(H,20,21). The van der Waals surface area contributed by atoms with Crippen molar-refractivity contribution in [2.24, 2.45) is 0 Å². The lowest BCUT2D eigenvalue weighted by Crippen LogP contribution is -2.16. The van der Waals surface area contributed by atoms with Crippen LogP contribution in [0.3, 0.4) is 0 Å². The lowest BCUT2D eigenvalue weighted by molar-refractivity contribution is 0.102. The number of rotatable bonds is 4. The van der Waals surface area contributed by atoms with Gasteiger partial charge in [0, 0.05) is 17.9 Å². The van der Waals surface area contributed by atoms with Crippen molar-refractivity contribution < 1.29 is 4.79 Å². The number of aromatic nitrogens is 1. The number of carbonyl (C=O) groups excluding carboxylic acids is 1. The Bertz CT molecular complexity index is 639. The van der Waals surface area contributed by atoms with Crippen LogP contribution in [-0.2, 0) is 0 Å². The lowest BCUT2D eigenvalue weighted by Gasteiger charge is -2.12. The van der Waals surface area contributed by atoms with Crippen molar-refractivity contribution in [3.05, 3.63) is 52.3 Å². The quantitative estimate of drug-likeness (QED) is 0.873. The summed E-state index contributed by atoms with van der Waals surface area (Å²) in [5, 5.41) is 6.66. The number of halogens is 2. The lowest BCUT2D eigenvalue weighted by atomic mass is 10.2. The molecular weight excluding hydrogens is 309 g/mol. The minimum atomic E-state index is -0.364. The maximum absolute atomic E-state index is 12.2. The van der Waals surface area contributed by atoms with Crippen molar-refractivity contribution in [3.8, 4) is 0 Å². The topological polar surface area (TPSA) is 54.0 Å². The highest BCUT2D eigenvalue weighted by Crippen LogP contribution is 2.30. The molecule has 1 heterocycles. The number of anilines is 2. The van der Waals surface area contributed by atoms with Gasteiger partial charge < -0.3 is 10.6 Å². The molecule has 0 unspecified atom stereocenters. The van der Waals surface area contributed by atoms with Crippen molar-refractivity contribution in [3.63, 3.8) is 0 Å². The predicted molar refractivity (Wildman–Crippen MR) is 87.4 cm³/mol. The van der Waals surface area contributed by atoms with Crippen LogP contribution in [0.4, 0.5) is 11.4 Å². The average Bonchev–Trinajstić information content (AvgIpc) is 2.42. The van der Waals surface area contributed by atoms with Gasteiger partial charge in [0.2, 0.25) is 0 Å². The molecule has 1 aromatic heterocycles. The fourth-order valence-corrected chi connectivity index (χ4v) is 2.26. The first-order chi connectivity index (χ1) is 9.97. The Morgan fingerprint density at radius 2 is 1.86 bits per heavy atom. The van der Waals surface area contributed by atoms with Crippen molar-refractivity contribution in [1.82, 2.24) is 4.98 Å². The summed E-state index contributed by atoms with van der Waals surface area (Å²) in [4.78, 5) is 16.3. The molecule has 0 bridgehead atoms. The minimum Gasteiger partial charge on any atom is -0.383 e. The van der Waals surface area contributed by atoms with Crippen LogP contribution in [0.1, 0.15) is 24.3 Å². The van der Waals surface area contributed by atoms with E-state index in [-0.39, 0.29) is 17.6 Å². The van der Waals surface area contributed by atoms with Crippen LogP contribution in [-0.4, -0.2) is 16.9 Å². The third-order valence-corrected chi connectivity index (χ3v) is 3.28. The summed E-state index contributed by atoms with van der Waals surface area (Å²) in [5.41, 5.74) is 1.50. The number of carbonyl (C=O) groups is 1. The monoisotopic (exact) mass is 323 g/mol. The first kappa shape index (κ1) is 15.6. The Hall–Kier alpha value is -1.78. The normalized spacial score (nSPS) is 10.5. The molecule has 1 amide bonds. The first-order valence-corrected chi connectivity index (χ1v) is 7.21. The van der Waals surface area contributed by atoms with E-state index in [1.807, 2.05) is 13.8 Å². The van der Waals surface area contributed by atoms with Crippen LogP contribution in [0.2, 0.25) is 10.0 Å². The third-order valence-electron chi connectivity index (χ3n) is 2.65. The average molecular weight is 324 g/mol. The van der Waals surface area contributed by atoms with E-state index >= 15 is 0 Å². The van der Waals surface area contributed by atoms with E-state index in [1.54, 1.807) is 36.5 Å². The number of para-hydroxylation sites is 1. The molecule has 21 heavy (non-hydrogen) atoms. The van der Waals surface area contributed by atoms with Gasteiger partial charge in [-0.25, -0.2) is 0 Å². The van der Waals surface area contributed by atoms with Crippen molar-refractivity contribution in [2.45, 2.75) is 19.9 Å². The largest absolute Gasteiger partial charge is 0.383 e. The Morgan fingerprint density at radius 1 is 1.19 bits per heavy atom. The van der Waals surface area contributed by atoms with E-state index in [0.717, 1.165) is 5.69 Å². The number of hydrogen-bond donors (Lipinski definition) is 2. The van der Waals surface area contributed by atoms with Gasteiger partial charge >= 0.3 is 0 Å². The highest BCUT2D eigenvalue weighted by atomic mass is 35.5. The summed E-state index contributed by atoms with van der Waals surface area (Å²) in [7, 11) is 0. The van der Waals surface area contributed by atoms with Crippen LogP contribution in [0, 0.1) is 0 Å². The molecule has 0 saturated heterocycles. The number of nitrogens with one attached hydrogen (secondary N) is 2. The number of benzene rings is 1. The first-order valence-electron chi connectivity index (χ1n) is 6.45. The Labute approximate surface area is 133 Å². The fraction of sp³-hybridized carbons (Fsp3) is 0.200. The highest BCUT2D eigenvalue weighted by Gasteiger charge is 2.13. The van der Waals surface area contributed by atoms with Gasteiger partial charge in [-0.3, -0.25) is 9.78 Å². The second-order valence-corrected chi connectivity index (χ2v) is 5.59. The molecule has 0 radical (unpaired) electrons. The van der Waals surface area contributed by atoms with Gasteiger partial charge in [0.15, 0.2) is 0 Å². The molecule has 6 heteroatoms. The second-order valence-electron chi connectivity index (χ2n) is 4.78. The van der Waals surface area contributed by atoms with Gasteiger partial charge in [-0.05, 0) is 38.1 Å². The molecule has 2 N–H and O–H groups in total. The second kappa shape index (κ2) is 6.78. The summed E-state index contributed by atoms with van der Waals surface area (Å²) in [6.07, 6.45) is 1.58. The maximum Gasteiger partial charge on any atom is 0.274 e. The van der Waals surface area contributed by atoms with E-state index in [4.69, 9.17) is 23.2 Å². The van der Waals surface area contributed by atoms with Crippen LogP contribution in [0.5, 0.6) is 0 Å². The van der Waals surface area contributed by atoms with Gasteiger partial charge in [0.05, 0.1) is 15.7 Å². The van der Waals surface area contributed by atoms with Crippen molar-refractivity contribution in [1.29, 1.82) is 0 Å². The zero-order chi connectivity index (χ0) is 15.4. The molecule has 0 aliphatic rings. The molecule has 0 aliphatic heterocycles. The Kier molecular flexibility index (Phi) is 5.04. The van der Waals surface area contributed by atoms with E-state index in [9.17, 15) is 4.79 Å². The van der Waals surface area contributed by atoms with Gasteiger partial charge in [-0.1, -0.05) is 29.3 Å². The number of nitrogens with zero attached hydrogens (tertiary/aromatic N) is 1. The predicted octanol–water partition coefficient (Wildman–Crippen LogP) is 4.46. The summed E-state index contributed by atoms with van der Waals surface area (Å²) in [5.74, 6) is -0.364. The molecule has 0 spiro atoms. The molecular formula is C15H15Cl2N3O. The fourth-order valence-electron chi connectivity index (χ4n) is 1.77. The number of hydrogen-bond acceptors (Lipinski definition) is 3. The number of amides is 1. The molecule has 0 aliphatic carbocycles. The molecule has 2 aromatic rings. The van der Waals surface area contributed by atoms with Gasteiger partial charge in [-0.15, -0.1) is 0 Å². The smallest absolute Gasteiger partial charge is 0.274 e. The summed E-state index contributed by atoms with van der Waals surface area (Å²) in [6, 6.07) is 8.78. The minimum absolute atomic E-state index is 0.265. The summed E-state index contributed by atoms with van der Waals surface area (Å²) < 4.78 is 0. The zero-order valence-corrected chi connectivity index (χ0v) is 13.2. The molecule has 0 atom stereocenters. The van der Waals surface area contributed by atoms with Crippen LogP contribution < -0.4 is 10.6 Å². The SMILES string of the molecule is CC(C)Nc1ccnc(C(=O)Nc2c(Cl)cccc2Cl)c1. The number of pyridine rings is 1. The molecule has 110 valence electrons. The van der Waals surface area contributed by atoms with Crippen LogP contribution in [0.15, 0.2) is 36.5 Å². The van der Waals surface area contributed by atoms with E-state index < -0.39 is 0 Å². The molecule has 4 nitrogen and oxygen atoms in total.